The zero-order valence-corrected chi connectivity index (χ0v) is 6.57. The van der Waals surface area contributed by atoms with Crippen LogP contribution in [0.2, 0.25) is 0 Å². The van der Waals surface area contributed by atoms with E-state index in [9.17, 15) is 4.39 Å². The first-order valence-corrected chi connectivity index (χ1v) is 4.09. The Bertz CT molecular complexity index is 93.3. The third-order valence-electron chi connectivity index (χ3n) is 2.18. The summed E-state index contributed by atoms with van der Waals surface area (Å²) in [7, 11) is 0. The van der Waals surface area contributed by atoms with Gasteiger partial charge in [0.25, 0.3) is 0 Å². The molecule has 0 aromatic carbocycles. The van der Waals surface area contributed by atoms with Crippen molar-refractivity contribution >= 4 is 0 Å². The molecular formula is C8H16FN. The molecule has 0 aromatic rings. The summed E-state index contributed by atoms with van der Waals surface area (Å²) in [6, 6.07) is 0. The minimum atomic E-state index is -0.154. The lowest BCUT2D eigenvalue weighted by Crippen LogP contribution is -2.35. The van der Waals surface area contributed by atoms with Crippen LogP contribution in [-0.2, 0) is 0 Å². The fourth-order valence-electron chi connectivity index (χ4n) is 1.64. The number of alkyl halides is 1. The minimum Gasteiger partial charge on any atom is -0.316 e. The SMILES string of the molecule is CC1CNCC(CCF)C1. The van der Waals surface area contributed by atoms with Gasteiger partial charge in [-0.2, -0.15) is 0 Å². The average molecular weight is 145 g/mol. The second-order valence-corrected chi connectivity index (χ2v) is 3.34. The predicted molar refractivity (Wildman–Crippen MR) is 40.7 cm³/mol. The van der Waals surface area contributed by atoms with Crippen LogP contribution in [0.15, 0.2) is 0 Å². The molecule has 1 saturated heterocycles. The summed E-state index contributed by atoms with van der Waals surface area (Å²) in [4.78, 5) is 0. The molecule has 1 N–H and O–H groups in total. The van der Waals surface area contributed by atoms with E-state index in [4.69, 9.17) is 0 Å². The van der Waals surface area contributed by atoms with Crippen LogP contribution < -0.4 is 5.32 Å². The fraction of sp³-hybridized carbons (Fsp3) is 1.00. The summed E-state index contributed by atoms with van der Waals surface area (Å²) in [5.41, 5.74) is 0. The smallest absolute Gasteiger partial charge is 0.0897 e. The molecule has 0 aliphatic carbocycles. The molecule has 0 amide bonds. The first-order chi connectivity index (χ1) is 4.83. The van der Waals surface area contributed by atoms with Gasteiger partial charge >= 0.3 is 0 Å². The normalized spacial score (nSPS) is 34.2. The molecule has 0 spiro atoms. The fourth-order valence-corrected chi connectivity index (χ4v) is 1.64. The van der Waals surface area contributed by atoms with Crippen LogP contribution in [-0.4, -0.2) is 19.8 Å². The summed E-state index contributed by atoms with van der Waals surface area (Å²) in [6.07, 6.45) is 1.95. The standard InChI is InChI=1S/C8H16FN/c1-7-4-8(2-3-9)6-10-5-7/h7-8,10H,2-6H2,1H3. The van der Waals surface area contributed by atoms with Crippen molar-refractivity contribution in [1.82, 2.24) is 5.32 Å². The summed E-state index contributed by atoms with van der Waals surface area (Å²) >= 11 is 0. The van der Waals surface area contributed by atoms with Crippen molar-refractivity contribution in [1.29, 1.82) is 0 Å². The van der Waals surface area contributed by atoms with Gasteiger partial charge in [-0.25, -0.2) is 0 Å². The largest absolute Gasteiger partial charge is 0.316 e. The van der Waals surface area contributed by atoms with Crippen molar-refractivity contribution < 1.29 is 4.39 Å². The molecule has 2 atom stereocenters. The van der Waals surface area contributed by atoms with Crippen molar-refractivity contribution in [2.75, 3.05) is 19.8 Å². The van der Waals surface area contributed by atoms with E-state index in [-0.39, 0.29) is 6.67 Å². The van der Waals surface area contributed by atoms with E-state index in [0.29, 0.717) is 5.92 Å². The van der Waals surface area contributed by atoms with Crippen molar-refractivity contribution in [3.8, 4) is 0 Å². The second kappa shape index (κ2) is 3.91. The Kier molecular flexibility index (Phi) is 3.13. The first-order valence-electron chi connectivity index (χ1n) is 4.09. The maximum absolute atomic E-state index is 11.9. The van der Waals surface area contributed by atoms with Crippen molar-refractivity contribution in [2.24, 2.45) is 11.8 Å². The van der Waals surface area contributed by atoms with Gasteiger partial charge in [0.2, 0.25) is 0 Å². The lowest BCUT2D eigenvalue weighted by Gasteiger charge is -2.26. The van der Waals surface area contributed by atoms with Crippen LogP contribution in [0, 0.1) is 11.8 Å². The molecule has 2 unspecified atom stereocenters. The van der Waals surface area contributed by atoms with E-state index in [1.54, 1.807) is 0 Å². The molecular weight excluding hydrogens is 129 g/mol. The Labute approximate surface area is 62.0 Å². The van der Waals surface area contributed by atoms with E-state index in [2.05, 4.69) is 12.2 Å². The molecule has 0 aromatic heterocycles. The van der Waals surface area contributed by atoms with Gasteiger partial charge in [-0.1, -0.05) is 6.92 Å². The van der Waals surface area contributed by atoms with Crippen molar-refractivity contribution in [2.45, 2.75) is 19.8 Å². The number of hydrogen-bond donors (Lipinski definition) is 1. The molecule has 0 bridgehead atoms. The Balaban J connectivity index is 2.18. The quantitative estimate of drug-likeness (QED) is 0.622. The number of hydrogen-bond acceptors (Lipinski definition) is 1. The van der Waals surface area contributed by atoms with E-state index in [1.165, 1.54) is 6.42 Å². The molecule has 1 aliphatic rings. The topological polar surface area (TPSA) is 12.0 Å². The van der Waals surface area contributed by atoms with E-state index in [1.807, 2.05) is 0 Å². The molecule has 1 fully saturated rings. The van der Waals surface area contributed by atoms with E-state index in [0.717, 1.165) is 25.4 Å². The van der Waals surface area contributed by atoms with Gasteiger partial charge in [0.05, 0.1) is 6.67 Å². The number of rotatable bonds is 2. The second-order valence-electron chi connectivity index (χ2n) is 3.34. The highest BCUT2D eigenvalue weighted by Gasteiger charge is 2.17. The predicted octanol–water partition coefficient (Wildman–Crippen LogP) is 1.59. The highest BCUT2D eigenvalue weighted by molar-refractivity contribution is 4.73. The average Bonchev–Trinajstić information content (AvgIpc) is 1.88. The molecule has 10 heavy (non-hydrogen) atoms. The number of halogens is 1. The zero-order chi connectivity index (χ0) is 7.40. The minimum absolute atomic E-state index is 0.154. The monoisotopic (exact) mass is 145 g/mol. The molecule has 1 nitrogen and oxygen atoms in total. The number of piperidine rings is 1. The maximum atomic E-state index is 11.9. The molecule has 1 heterocycles. The highest BCUT2D eigenvalue weighted by Crippen LogP contribution is 2.18. The Morgan fingerprint density at radius 1 is 1.50 bits per heavy atom. The van der Waals surface area contributed by atoms with Crippen LogP contribution in [0.4, 0.5) is 4.39 Å². The highest BCUT2D eigenvalue weighted by atomic mass is 19.1. The Morgan fingerprint density at radius 3 is 2.90 bits per heavy atom. The molecule has 2 heteroatoms. The number of nitrogens with one attached hydrogen (secondary N) is 1. The van der Waals surface area contributed by atoms with Gasteiger partial charge in [0, 0.05) is 0 Å². The maximum Gasteiger partial charge on any atom is 0.0897 e. The zero-order valence-electron chi connectivity index (χ0n) is 6.57. The van der Waals surface area contributed by atoms with Gasteiger partial charge in [-0.3, -0.25) is 4.39 Å². The van der Waals surface area contributed by atoms with Crippen LogP contribution in [0.25, 0.3) is 0 Å². The van der Waals surface area contributed by atoms with E-state index >= 15 is 0 Å². The summed E-state index contributed by atoms with van der Waals surface area (Å²) in [5, 5.41) is 3.30. The lowest BCUT2D eigenvalue weighted by atomic mass is 9.90. The summed E-state index contributed by atoms with van der Waals surface area (Å²) in [5.74, 6) is 1.33. The van der Waals surface area contributed by atoms with Crippen LogP contribution >= 0.6 is 0 Å². The third-order valence-corrected chi connectivity index (χ3v) is 2.18. The van der Waals surface area contributed by atoms with Gasteiger partial charge in [0.1, 0.15) is 0 Å². The molecule has 60 valence electrons. The van der Waals surface area contributed by atoms with Crippen molar-refractivity contribution in [3.63, 3.8) is 0 Å². The lowest BCUT2D eigenvalue weighted by molar-refractivity contribution is 0.268. The Hall–Kier alpha value is -0.110. The van der Waals surface area contributed by atoms with Gasteiger partial charge in [-0.05, 0) is 37.8 Å². The summed E-state index contributed by atoms with van der Waals surface area (Å²) in [6.45, 7) is 4.20. The molecule has 1 rings (SSSR count). The van der Waals surface area contributed by atoms with Gasteiger partial charge < -0.3 is 5.32 Å². The molecule has 1 aliphatic heterocycles. The first kappa shape index (κ1) is 7.99. The van der Waals surface area contributed by atoms with Crippen molar-refractivity contribution in [3.05, 3.63) is 0 Å². The summed E-state index contributed by atoms with van der Waals surface area (Å²) < 4.78 is 11.9. The molecule has 0 radical (unpaired) electrons. The van der Waals surface area contributed by atoms with Gasteiger partial charge in [0.15, 0.2) is 0 Å². The Morgan fingerprint density at radius 2 is 2.30 bits per heavy atom. The van der Waals surface area contributed by atoms with Crippen LogP contribution in [0.3, 0.4) is 0 Å². The van der Waals surface area contributed by atoms with Crippen LogP contribution in [0.1, 0.15) is 19.8 Å². The van der Waals surface area contributed by atoms with Gasteiger partial charge in [-0.15, -0.1) is 0 Å². The third kappa shape index (κ3) is 2.25. The van der Waals surface area contributed by atoms with E-state index < -0.39 is 0 Å². The molecule has 0 saturated carbocycles. The van der Waals surface area contributed by atoms with Crippen LogP contribution in [0.5, 0.6) is 0 Å².